The lowest BCUT2D eigenvalue weighted by molar-refractivity contribution is -0.116. The highest BCUT2D eigenvalue weighted by atomic mass is 32.2. The molecule has 0 aliphatic carbocycles. The van der Waals surface area contributed by atoms with E-state index in [1.807, 2.05) is 111 Å². The maximum atomic E-state index is 13.7. The van der Waals surface area contributed by atoms with Crippen molar-refractivity contribution in [2.75, 3.05) is 10.6 Å². The van der Waals surface area contributed by atoms with Crippen LogP contribution in [0.25, 0.3) is 17.2 Å². The van der Waals surface area contributed by atoms with Crippen LogP contribution >= 0.6 is 11.8 Å². The van der Waals surface area contributed by atoms with E-state index in [0.717, 1.165) is 44.8 Å². The number of hydrogen-bond donors (Lipinski definition) is 3. The van der Waals surface area contributed by atoms with Gasteiger partial charge in [0.25, 0.3) is 11.8 Å². The van der Waals surface area contributed by atoms with Gasteiger partial charge in [0.05, 0.1) is 5.25 Å². The van der Waals surface area contributed by atoms with Crippen molar-refractivity contribution < 1.29 is 14.4 Å². The van der Waals surface area contributed by atoms with E-state index < -0.39 is 5.91 Å². The summed E-state index contributed by atoms with van der Waals surface area (Å²) in [5.41, 5.74) is 6.98. The predicted molar refractivity (Wildman–Crippen MR) is 198 cm³/mol. The molecule has 1 unspecified atom stereocenters. The van der Waals surface area contributed by atoms with Crippen LogP contribution in [0.4, 0.5) is 11.4 Å². The zero-order chi connectivity index (χ0) is 33.9. The van der Waals surface area contributed by atoms with Crippen LogP contribution < -0.4 is 16.0 Å². The molecule has 0 heterocycles. The summed E-state index contributed by atoms with van der Waals surface area (Å²) in [7, 11) is 0. The molecule has 5 aromatic carbocycles. The number of rotatable bonds is 12. The van der Waals surface area contributed by atoms with Gasteiger partial charge in [-0.1, -0.05) is 111 Å². The normalized spacial score (nSPS) is 11.8. The Morgan fingerprint density at radius 3 is 2.08 bits per heavy atom. The van der Waals surface area contributed by atoms with Crippen LogP contribution in [0.2, 0.25) is 0 Å². The lowest BCUT2D eigenvalue weighted by atomic mass is 10.0. The topological polar surface area (TPSA) is 87.3 Å². The summed E-state index contributed by atoms with van der Waals surface area (Å²) < 4.78 is 0. The number of nitrogens with one attached hydrogen (secondary N) is 3. The molecule has 0 saturated heterocycles. The van der Waals surface area contributed by atoms with E-state index in [4.69, 9.17) is 0 Å². The van der Waals surface area contributed by atoms with Crippen molar-refractivity contribution in [3.63, 3.8) is 0 Å². The van der Waals surface area contributed by atoms with Crippen molar-refractivity contribution in [1.29, 1.82) is 0 Å². The fraction of sp³-hybridized carbons (Fsp3) is 0.146. The van der Waals surface area contributed by atoms with Crippen molar-refractivity contribution >= 4 is 46.9 Å². The second-order valence-electron chi connectivity index (χ2n) is 11.3. The number of benzene rings is 5. The highest BCUT2D eigenvalue weighted by molar-refractivity contribution is 8.00. The lowest BCUT2D eigenvalue weighted by Gasteiger charge is -2.18. The van der Waals surface area contributed by atoms with Gasteiger partial charge in [-0.2, -0.15) is 0 Å². The summed E-state index contributed by atoms with van der Waals surface area (Å²) in [5.74, 6) is -0.919. The van der Waals surface area contributed by atoms with E-state index in [1.54, 1.807) is 36.4 Å². The minimum atomic E-state index is -0.468. The molecule has 5 rings (SSSR count). The molecule has 0 aromatic heterocycles. The first-order valence-corrected chi connectivity index (χ1v) is 16.9. The van der Waals surface area contributed by atoms with Gasteiger partial charge < -0.3 is 16.0 Å². The second kappa shape index (κ2) is 16.4. The SMILES string of the molecule is CCc1cccc(C)c1NC(=O)C(CC)Sc1cccc(NC(=O)/C(=C\c2ccc(-c3ccccc3)cc2)NC(=O)c2ccccc2)c1. The van der Waals surface area contributed by atoms with Crippen LogP contribution in [0, 0.1) is 6.92 Å². The highest BCUT2D eigenvalue weighted by Crippen LogP contribution is 2.30. The minimum Gasteiger partial charge on any atom is -0.325 e. The second-order valence-corrected chi connectivity index (χ2v) is 12.6. The molecule has 7 heteroatoms. The molecule has 1 atom stereocenters. The Hall–Kier alpha value is -5.40. The Bertz CT molecular complexity index is 1910. The number of carbonyl (C=O) groups excluding carboxylic acids is 3. The quantitative estimate of drug-likeness (QED) is 0.0926. The Morgan fingerprint density at radius 2 is 1.40 bits per heavy atom. The first kappa shape index (κ1) is 33.9. The van der Waals surface area contributed by atoms with Crippen molar-refractivity contribution in [1.82, 2.24) is 5.32 Å². The molecule has 3 amide bonds. The Balaban J connectivity index is 1.34. The summed E-state index contributed by atoms with van der Waals surface area (Å²) in [6.45, 7) is 6.06. The zero-order valence-electron chi connectivity index (χ0n) is 27.3. The molecule has 0 aliphatic heterocycles. The first-order chi connectivity index (χ1) is 23.3. The molecule has 6 nitrogen and oxygen atoms in total. The van der Waals surface area contributed by atoms with Crippen molar-refractivity contribution in [3.05, 3.63) is 155 Å². The van der Waals surface area contributed by atoms with Crippen LogP contribution in [0.1, 0.15) is 47.3 Å². The smallest absolute Gasteiger partial charge is 0.272 e. The van der Waals surface area contributed by atoms with E-state index in [-0.39, 0.29) is 22.8 Å². The van der Waals surface area contributed by atoms with E-state index >= 15 is 0 Å². The molecule has 3 N–H and O–H groups in total. The van der Waals surface area contributed by atoms with Crippen LogP contribution in [-0.2, 0) is 16.0 Å². The van der Waals surface area contributed by atoms with Crippen LogP contribution in [-0.4, -0.2) is 23.0 Å². The number of hydrogen-bond acceptors (Lipinski definition) is 4. The monoisotopic (exact) mass is 653 g/mol. The molecule has 0 saturated carbocycles. The molecule has 0 radical (unpaired) electrons. The molecular weight excluding hydrogens is 615 g/mol. The minimum absolute atomic E-state index is 0.0620. The molecule has 5 aromatic rings. The van der Waals surface area contributed by atoms with Crippen molar-refractivity contribution in [3.8, 4) is 11.1 Å². The number of carbonyl (C=O) groups is 3. The summed E-state index contributed by atoms with van der Waals surface area (Å²) in [5, 5.41) is 8.57. The maximum absolute atomic E-state index is 13.7. The largest absolute Gasteiger partial charge is 0.325 e. The zero-order valence-corrected chi connectivity index (χ0v) is 28.1. The van der Waals surface area contributed by atoms with Gasteiger partial charge in [-0.3, -0.25) is 14.4 Å². The summed E-state index contributed by atoms with van der Waals surface area (Å²) in [6.07, 6.45) is 3.11. The average molecular weight is 654 g/mol. The lowest BCUT2D eigenvalue weighted by Crippen LogP contribution is -2.30. The molecule has 242 valence electrons. The van der Waals surface area contributed by atoms with Gasteiger partial charge in [0.1, 0.15) is 5.70 Å². The van der Waals surface area contributed by atoms with Crippen LogP contribution in [0.3, 0.4) is 0 Å². The van der Waals surface area contributed by atoms with Crippen molar-refractivity contribution in [2.45, 2.75) is 43.8 Å². The maximum Gasteiger partial charge on any atom is 0.272 e. The number of amides is 3. The van der Waals surface area contributed by atoms with E-state index in [0.29, 0.717) is 17.7 Å². The fourth-order valence-corrected chi connectivity index (χ4v) is 6.26. The summed E-state index contributed by atoms with van der Waals surface area (Å²) in [4.78, 5) is 41.0. The van der Waals surface area contributed by atoms with Gasteiger partial charge in [-0.05, 0) is 84.0 Å². The van der Waals surface area contributed by atoms with Gasteiger partial charge in [0.15, 0.2) is 0 Å². The Morgan fingerprint density at radius 1 is 0.729 bits per heavy atom. The highest BCUT2D eigenvalue weighted by Gasteiger charge is 2.21. The van der Waals surface area contributed by atoms with Crippen molar-refractivity contribution in [2.24, 2.45) is 0 Å². The van der Waals surface area contributed by atoms with Gasteiger partial charge in [0.2, 0.25) is 5.91 Å². The number of thioether (sulfide) groups is 1. The van der Waals surface area contributed by atoms with Gasteiger partial charge in [0, 0.05) is 21.8 Å². The third-order valence-electron chi connectivity index (χ3n) is 7.88. The van der Waals surface area contributed by atoms with E-state index in [2.05, 4.69) is 22.9 Å². The van der Waals surface area contributed by atoms with Crippen LogP contribution in [0.15, 0.2) is 138 Å². The average Bonchev–Trinajstić information content (AvgIpc) is 3.12. The summed E-state index contributed by atoms with van der Waals surface area (Å²) in [6, 6.07) is 40.0. The van der Waals surface area contributed by atoms with Gasteiger partial charge in [-0.25, -0.2) is 0 Å². The van der Waals surface area contributed by atoms with Gasteiger partial charge in [-0.15, -0.1) is 11.8 Å². The molecule has 48 heavy (non-hydrogen) atoms. The molecule has 0 bridgehead atoms. The third-order valence-corrected chi connectivity index (χ3v) is 9.24. The molecule has 0 fully saturated rings. The fourth-order valence-electron chi connectivity index (χ4n) is 5.25. The number of para-hydroxylation sites is 1. The van der Waals surface area contributed by atoms with Crippen LogP contribution in [0.5, 0.6) is 0 Å². The molecule has 0 spiro atoms. The third kappa shape index (κ3) is 8.90. The first-order valence-electron chi connectivity index (χ1n) is 16.1. The number of anilines is 2. The standard InChI is InChI=1S/C41H39N3O3S/c1-4-30-19-12-14-28(3)38(30)44-41(47)37(5-2)48-35-21-13-20-34(27-35)42-40(46)36(43-39(45)33-17-10-7-11-18-33)26-29-22-24-32(25-23-29)31-15-8-6-9-16-31/h6-27,37H,4-5H2,1-3H3,(H,42,46)(H,43,45)(H,44,47)/b36-26+. The molecular formula is C41H39N3O3S. The molecule has 0 aliphatic rings. The Labute approximate surface area is 286 Å². The Kier molecular flexibility index (Phi) is 11.6. The van der Waals surface area contributed by atoms with E-state index in [9.17, 15) is 14.4 Å². The predicted octanol–water partition coefficient (Wildman–Crippen LogP) is 9.14. The van der Waals surface area contributed by atoms with Gasteiger partial charge >= 0.3 is 0 Å². The number of aryl methyl sites for hydroxylation is 2. The summed E-state index contributed by atoms with van der Waals surface area (Å²) >= 11 is 1.45. The van der Waals surface area contributed by atoms with E-state index in [1.165, 1.54) is 11.8 Å².